The van der Waals surface area contributed by atoms with Crippen LogP contribution in [0.1, 0.15) is 36.4 Å². The summed E-state index contributed by atoms with van der Waals surface area (Å²) in [4.78, 5) is 20.7. The van der Waals surface area contributed by atoms with Crippen molar-refractivity contribution >= 4 is 5.91 Å². The molecule has 1 heterocycles. The monoisotopic (exact) mass is 434 g/mol. The van der Waals surface area contributed by atoms with Crippen molar-refractivity contribution in [1.82, 2.24) is 20.6 Å². The van der Waals surface area contributed by atoms with Gasteiger partial charge in [0.2, 0.25) is 5.91 Å². The summed E-state index contributed by atoms with van der Waals surface area (Å²) in [5.41, 5.74) is 2.56. The van der Waals surface area contributed by atoms with Gasteiger partial charge < -0.3 is 20.7 Å². The molecule has 2 aliphatic rings. The zero-order valence-corrected chi connectivity index (χ0v) is 17.7. The summed E-state index contributed by atoms with van der Waals surface area (Å²) in [6.07, 6.45) is 3.40. The minimum Gasteiger partial charge on any atom is -0.392 e. The van der Waals surface area contributed by atoms with Crippen molar-refractivity contribution in [2.45, 2.75) is 49.9 Å². The van der Waals surface area contributed by atoms with Crippen LogP contribution in [0.25, 0.3) is 11.4 Å². The lowest BCUT2D eigenvalue weighted by atomic mass is 9.96. The highest BCUT2D eigenvalue weighted by Crippen LogP contribution is 2.40. The summed E-state index contributed by atoms with van der Waals surface area (Å²) in [7, 11) is 0. The maximum Gasteiger partial charge on any atom is 0.226 e. The maximum absolute atomic E-state index is 13.6. The Kier molecular flexibility index (Phi) is 5.76. The second-order valence-corrected chi connectivity index (χ2v) is 8.81. The third-order valence-corrected chi connectivity index (χ3v) is 6.44. The van der Waals surface area contributed by atoms with E-state index in [0.29, 0.717) is 13.0 Å². The molecule has 0 saturated heterocycles. The van der Waals surface area contributed by atoms with Gasteiger partial charge in [0.1, 0.15) is 11.6 Å². The van der Waals surface area contributed by atoms with Gasteiger partial charge in [-0.3, -0.25) is 4.79 Å². The van der Waals surface area contributed by atoms with Gasteiger partial charge in [-0.05, 0) is 37.0 Å². The molecule has 0 unspecified atom stereocenters. The summed E-state index contributed by atoms with van der Waals surface area (Å²) in [5, 5.41) is 17.7. The van der Waals surface area contributed by atoms with E-state index in [1.165, 1.54) is 12.1 Å². The van der Waals surface area contributed by atoms with Crippen LogP contribution in [0.5, 0.6) is 0 Å². The van der Waals surface area contributed by atoms with Crippen molar-refractivity contribution in [2.75, 3.05) is 0 Å². The van der Waals surface area contributed by atoms with Crippen LogP contribution in [0.4, 0.5) is 4.39 Å². The van der Waals surface area contributed by atoms with E-state index in [2.05, 4.69) is 20.6 Å². The fraction of sp³-hybridized carbons (Fsp3) is 0.360. The third kappa shape index (κ3) is 4.45. The molecule has 7 heteroatoms. The molecule has 32 heavy (non-hydrogen) atoms. The molecular formula is C25H27FN4O2. The quantitative estimate of drug-likeness (QED) is 0.460. The number of imidazole rings is 1. The Morgan fingerprint density at radius 1 is 1.16 bits per heavy atom. The zero-order chi connectivity index (χ0) is 22.1. The fourth-order valence-electron chi connectivity index (χ4n) is 4.60. The predicted octanol–water partition coefficient (Wildman–Crippen LogP) is 3.12. The number of hydrogen-bond acceptors (Lipinski definition) is 4. The third-order valence-electron chi connectivity index (χ3n) is 6.44. The number of carbonyl (C=O) groups is 1. The number of nitrogens with one attached hydrogen (secondary N) is 3. The van der Waals surface area contributed by atoms with Gasteiger partial charge in [0.15, 0.2) is 0 Å². The predicted molar refractivity (Wildman–Crippen MR) is 119 cm³/mol. The van der Waals surface area contributed by atoms with Crippen LogP contribution in [0.3, 0.4) is 0 Å². The van der Waals surface area contributed by atoms with Crippen molar-refractivity contribution in [3.05, 3.63) is 77.9 Å². The first-order valence-corrected chi connectivity index (χ1v) is 11.1. The van der Waals surface area contributed by atoms with Crippen LogP contribution in [0, 0.1) is 11.7 Å². The van der Waals surface area contributed by atoms with E-state index in [1.54, 1.807) is 12.3 Å². The van der Waals surface area contributed by atoms with Gasteiger partial charge in [-0.15, -0.1) is 0 Å². The van der Waals surface area contributed by atoms with Gasteiger partial charge in [-0.2, -0.15) is 0 Å². The Balaban J connectivity index is 1.38. The minimum absolute atomic E-state index is 0.0946. The number of amides is 1. The van der Waals surface area contributed by atoms with Crippen LogP contribution in [-0.4, -0.2) is 39.2 Å². The van der Waals surface area contributed by atoms with Crippen molar-refractivity contribution in [1.29, 1.82) is 0 Å². The number of carbonyl (C=O) groups excluding carboxylic acids is 1. The molecule has 2 saturated carbocycles. The minimum atomic E-state index is -0.845. The molecule has 1 amide bonds. The molecule has 2 aromatic carbocycles. The summed E-state index contributed by atoms with van der Waals surface area (Å²) in [6.45, 7) is 0.447. The second kappa shape index (κ2) is 8.84. The van der Waals surface area contributed by atoms with E-state index in [1.807, 2.05) is 36.4 Å². The molecule has 0 spiro atoms. The molecule has 166 valence electrons. The van der Waals surface area contributed by atoms with Crippen molar-refractivity contribution in [3.8, 4) is 11.4 Å². The lowest BCUT2D eigenvalue weighted by molar-refractivity contribution is -0.127. The lowest BCUT2D eigenvalue weighted by Crippen LogP contribution is -2.37. The Hall–Kier alpha value is -3.03. The fourth-order valence-corrected chi connectivity index (χ4v) is 4.60. The average Bonchev–Trinajstić information content (AvgIpc) is 3.36. The molecule has 0 bridgehead atoms. The van der Waals surface area contributed by atoms with Gasteiger partial charge in [0.05, 0.1) is 12.0 Å². The molecule has 4 atom stereocenters. The maximum atomic E-state index is 13.6. The Labute approximate surface area is 186 Å². The van der Waals surface area contributed by atoms with Crippen molar-refractivity contribution in [2.24, 2.45) is 5.92 Å². The number of aliphatic hydroxyl groups is 1. The zero-order valence-electron chi connectivity index (χ0n) is 17.7. The Bertz CT molecular complexity index is 1080. The number of H-pyrrole nitrogens is 1. The van der Waals surface area contributed by atoms with Gasteiger partial charge in [0.25, 0.3) is 0 Å². The highest BCUT2D eigenvalue weighted by molar-refractivity contribution is 5.80. The van der Waals surface area contributed by atoms with E-state index >= 15 is 0 Å². The average molecular weight is 435 g/mol. The Morgan fingerprint density at radius 2 is 1.97 bits per heavy atom. The second-order valence-electron chi connectivity index (χ2n) is 8.81. The van der Waals surface area contributed by atoms with Gasteiger partial charge in [-0.1, -0.05) is 42.5 Å². The summed E-state index contributed by atoms with van der Waals surface area (Å²) in [5.74, 6) is -0.488. The topological polar surface area (TPSA) is 90.0 Å². The van der Waals surface area contributed by atoms with Gasteiger partial charge in [-0.25, -0.2) is 9.37 Å². The molecule has 4 N–H and O–H groups in total. The standard InChI is InChI=1S/C25H27FN4O2/c26-17-8-4-5-15(11-17)13-27-20-12-19(25(32)29-18-9-10-18)23(31)22(20)21-14-28-24(30-21)16-6-2-1-3-7-16/h1-8,11,14,18-20,22-23,27,31H,9-10,12-13H2,(H,28,30)(H,29,32)/t19-,20+,22+,23+/m0/s1. The highest BCUT2D eigenvalue weighted by Gasteiger charge is 2.47. The summed E-state index contributed by atoms with van der Waals surface area (Å²) < 4.78 is 13.6. The molecule has 1 aromatic heterocycles. The van der Waals surface area contributed by atoms with E-state index in [0.717, 1.165) is 35.5 Å². The molecule has 2 aliphatic carbocycles. The number of halogens is 1. The van der Waals surface area contributed by atoms with Gasteiger partial charge >= 0.3 is 0 Å². The van der Waals surface area contributed by atoms with Crippen LogP contribution in [0.2, 0.25) is 0 Å². The molecule has 5 rings (SSSR count). The van der Waals surface area contributed by atoms with E-state index in [4.69, 9.17) is 0 Å². The van der Waals surface area contributed by atoms with E-state index in [9.17, 15) is 14.3 Å². The number of aromatic amines is 1. The van der Waals surface area contributed by atoms with Crippen LogP contribution >= 0.6 is 0 Å². The first-order chi connectivity index (χ1) is 15.6. The lowest BCUT2D eigenvalue weighted by Gasteiger charge is -2.22. The smallest absolute Gasteiger partial charge is 0.226 e. The van der Waals surface area contributed by atoms with Crippen LogP contribution < -0.4 is 10.6 Å². The summed E-state index contributed by atoms with van der Waals surface area (Å²) >= 11 is 0. The number of hydrogen-bond donors (Lipinski definition) is 4. The number of aliphatic hydroxyl groups excluding tert-OH is 1. The molecule has 0 radical (unpaired) electrons. The number of rotatable bonds is 7. The largest absolute Gasteiger partial charge is 0.392 e. The molecular weight excluding hydrogens is 407 g/mol. The number of aromatic nitrogens is 2. The van der Waals surface area contributed by atoms with Gasteiger partial charge in [0, 0.05) is 42.0 Å². The molecule has 6 nitrogen and oxygen atoms in total. The number of benzene rings is 2. The first kappa shape index (κ1) is 20.8. The molecule has 3 aromatic rings. The number of nitrogens with zero attached hydrogens (tertiary/aromatic N) is 1. The van der Waals surface area contributed by atoms with E-state index in [-0.39, 0.29) is 29.7 Å². The van der Waals surface area contributed by atoms with Crippen LogP contribution in [0.15, 0.2) is 60.8 Å². The Morgan fingerprint density at radius 3 is 2.72 bits per heavy atom. The van der Waals surface area contributed by atoms with Crippen LogP contribution in [-0.2, 0) is 11.3 Å². The van der Waals surface area contributed by atoms with E-state index < -0.39 is 12.0 Å². The van der Waals surface area contributed by atoms with Crippen molar-refractivity contribution < 1.29 is 14.3 Å². The highest BCUT2D eigenvalue weighted by atomic mass is 19.1. The summed E-state index contributed by atoms with van der Waals surface area (Å²) in [6, 6.07) is 16.3. The first-order valence-electron chi connectivity index (χ1n) is 11.1. The molecule has 0 aliphatic heterocycles. The SMILES string of the molecule is O=C(NC1CC1)[C@H]1C[C@@H](NCc2cccc(F)c2)[C@H](c2cnc(-c3ccccc3)[nH]2)[C@@H]1O. The molecule has 2 fully saturated rings. The van der Waals surface area contributed by atoms with Crippen molar-refractivity contribution in [3.63, 3.8) is 0 Å². The normalized spacial score (nSPS) is 25.1.